The minimum Gasteiger partial charge on any atom is -0.494 e. The number of hydrogen-bond donors (Lipinski definition) is 1. The Hall–Kier alpha value is -3.42. The fourth-order valence-electron chi connectivity index (χ4n) is 3.22. The number of rotatable bonds is 6. The predicted molar refractivity (Wildman–Crippen MR) is 108 cm³/mol. The largest absolute Gasteiger partial charge is 0.494 e. The average molecular weight is 414 g/mol. The van der Waals surface area contributed by atoms with Gasteiger partial charge in [0.2, 0.25) is 0 Å². The molecule has 0 atom stereocenters. The molecule has 0 bridgehead atoms. The van der Waals surface area contributed by atoms with Crippen LogP contribution in [-0.2, 0) is 9.53 Å². The van der Waals surface area contributed by atoms with Gasteiger partial charge in [-0.15, -0.1) is 0 Å². The van der Waals surface area contributed by atoms with Crippen molar-refractivity contribution in [2.75, 3.05) is 32.1 Å². The number of ketones is 1. The fraction of sp³-hybridized carbons (Fsp3) is 0.318. The number of nitrogens with zero attached hydrogens (tertiary/aromatic N) is 1. The summed E-state index contributed by atoms with van der Waals surface area (Å²) in [6, 6.07) is 12.7. The lowest BCUT2D eigenvalue weighted by Crippen LogP contribution is -2.42. The first-order valence-electron chi connectivity index (χ1n) is 9.62. The Morgan fingerprint density at radius 1 is 1.10 bits per heavy atom. The number of para-hydroxylation sites is 1. The van der Waals surface area contributed by atoms with Crippen molar-refractivity contribution in [2.45, 2.75) is 12.8 Å². The van der Waals surface area contributed by atoms with Gasteiger partial charge in [0.1, 0.15) is 0 Å². The molecule has 1 heterocycles. The van der Waals surface area contributed by atoms with E-state index in [1.54, 1.807) is 17.0 Å². The smallest absolute Gasteiger partial charge is 0.321 e. The van der Waals surface area contributed by atoms with Crippen LogP contribution in [-0.4, -0.2) is 49.5 Å². The Bertz CT molecular complexity index is 911. The van der Waals surface area contributed by atoms with E-state index in [1.807, 2.05) is 18.2 Å². The Balaban J connectivity index is 1.44. The highest BCUT2D eigenvalue weighted by Gasteiger charge is 2.29. The summed E-state index contributed by atoms with van der Waals surface area (Å²) in [6.45, 7) is 0.367. The summed E-state index contributed by atoms with van der Waals surface area (Å²) < 4.78 is 23.7. The van der Waals surface area contributed by atoms with Gasteiger partial charge in [-0.2, -0.15) is 0 Å². The van der Waals surface area contributed by atoms with E-state index in [-0.39, 0.29) is 23.3 Å². The van der Waals surface area contributed by atoms with Crippen LogP contribution in [0.2, 0.25) is 0 Å². The number of methoxy groups -OCH3 is 1. The molecule has 30 heavy (non-hydrogen) atoms. The maximum Gasteiger partial charge on any atom is 0.321 e. The van der Waals surface area contributed by atoms with Gasteiger partial charge >= 0.3 is 12.0 Å². The summed E-state index contributed by atoms with van der Waals surface area (Å²) in [7, 11) is 1.33. The van der Waals surface area contributed by atoms with E-state index in [2.05, 4.69) is 5.32 Å². The van der Waals surface area contributed by atoms with Gasteiger partial charge in [-0.1, -0.05) is 18.2 Å². The van der Waals surface area contributed by atoms with E-state index in [1.165, 1.54) is 19.2 Å². The molecule has 2 aromatic rings. The molecular weight excluding hydrogens is 391 g/mol. The molecule has 0 aromatic heterocycles. The fourth-order valence-corrected chi connectivity index (χ4v) is 3.22. The number of hydrogen-bond acceptors (Lipinski definition) is 5. The Morgan fingerprint density at radius 3 is 2.43 bits per heavy atom. The van der Waals surface area contributed by atoms with E-state index < -0.39 is 24.2 Å². The number of carbonyl (C=O) groups is 3. The van der Waals surface area contributed by atoms with Gasteiger partial charge in [0.15, 0.2) is 24.0 Å². The third kappa shape index (κ3) is 5.34. The maximum absolute atomic E-state index is 13.7. The molecule has 1 aliphatic heterocycles. The normalized spacial score (nSPS) is 14.1. The number of Topliss-reactive ketones (excluding diaryl/α,β-unsaturated/α-hetero) is 1. The van der Waals surface area contributed by atoms with E-state index in [4.69, 9.17) is 9.47 Å². The summed E-state index contributed by atoms with van der Waals surface area (Å²) in [5.41, 5.74) is 0.811. The first kappa shape index (κ1) is 21.3. The summed E-state index contributed by atoms with van der Waals surface area (Å²) in [5, 5.41) is 2.81. The molecule has 0 radical (unpaired) electrons. The Kier molecular flexibility index (Phi) is 7.00. The lowest BCUT2D eigenvalue weighted by atomic mass is 9.97. The first-order chi connectivity index (χ1) is 14.5. The molecule has 1 saturated heterocycles. The predicted octanol–water partition coefficient (Wildman–Crippen LogP) is 3.50. The standard InChI is InChI=1S/C22H23FN2O5/c1-29-20-8-7-16(13-18(20)23)19(26)14-30-21(27)15-9-11-25(12-10-15)22(28)24-17-5-3-2-4-6-17/h2-8,13,15H,9-12,14H2,1H3,(H,24,28). The monoisotopic (exact) mass is 414 g/mol. The summed E-state index contributed by atoms with van der Waals surface area (Å²) >= 11 is 0. The third-order valence-corrected chi connectivity index (χ3v) is 4.96. The van der Waals surface area contributed by atoms with Gasteiger partial charge in [-0.25, -0.2) is 9.18 Å². The lowest BCUT2D eigenvalue weighted by Gasteiger charge is -2.30. The average Bonchev–Trinajstić information content (AvgIpc) is 2.78. The van der Waals surface area contributed by atoms with Crippen LogP contribution in [0.4, 0.5) is 14.9 Å². The number of carbonyl (C=O) groups excluding carboxylic acids is 3. The molecular formula is C22H23FN2O5. The van der Waals surface area contributed by atoms with Crippen LogP contribution in [0.5, 0.6) is 5.75 Å². The van der Waals surface area contributed by atoms with Gasteiger partial charge in [-0.05, 0) is 43.2 Å². The molecule has 1 N–H and O–H groups in total. The summed E-state index contributed by atoms with van der Waals surface area (Å²) in [4.78, 5) is 38.4. The number of benzene rings is 2. The van der Waals surface area contributed by atoms with Crippen LogP contribution >= 0.6 is 0 Å². The second-order valence-electron chi connectivity index (χ2n) is 6.94. The number of amides is 2. The van der Waals surface area contributed by atoms with Crippen LogP contribution in [0, 0.1) is 11.7 Å². The molecule has 1 fully saturated rings. The number of urea groups is 1. The third-order valence-electron chi connectivity index (χ3n) is 4.96. The number of esters is 1. The molecule has 0 spiro atoms. The van der Waals surface area contributed by atoms with Gasteiger partial charge in [0, 0.05) is 24.3 Å². The highest BCUT2D eigenvalue weighted by atomic mass is 19.1. The minimum absolute atomic E-state index is 0.0339. The number of likely N-dealkylation sites (tertiary alicyclic amines) is 1. The molecule has 3 rings (SSSR count). The van der Waals surface area contributed by atoms with Gasteiger partial charge in [0.25, 0.3) is 0 Å². The molecule has 2 aromatic carbocycles. The van der Waals surface area contributed by atoms with Crippen LogP contribution in [0.3, 0.4) is 0 Å². The van der Waals surface area contributed by atoms with Gasteiger partial charge in [-0.3, -0.25) is 9.59 Å². The van der Waals surface area contributed by atoms with E-state index in [0.29, 0.717) is 31.6 Å². The van der Waals surface area contributed by atoms with Crippen molar-refractivity contribution in [3.05, 3.63) is 59.9 Å². The van der Waals surface area contributed by atoms with Crippen LogP contribution in [0.25, 0.3) is 0 Å². The van der Waals surface area contributed by atoms with E-state index in [0.717, 1.165) is 6.07 Å². The van der Waals surface area contributed by atoms with Crippen LogP contribution in [0.15, 0.2) is 48.5 Å². The SMILES string of the molecule is COc1ccc(C(=O)COC(=O)C2CCN(C(=O)Nc3ccccc3)CC2)cc1F. The van der Waals surface area contributed by atoms with Crippen molar-refractivity contribution in [3.63, 3.8) is 0 Å². The van der Waals surface area contributed by atoms with Crippen molar-refractivity contribution < 1.29 is 28.2 Å². The zero-order valence-corrected chi connectivity index (χ0v) is 16.6. The van der Waals surface area contributed by atoms with Crippen molar-refractivity contribution in [2.24, 2.45) is 5.92 Å². The zero-order valence-electron chi connectivity index (χ0n) is 16.6. The molecule has 1 aliphatic rings. The second-order valence-corrected chi connectivity index (χ2v) is 6.94. The van der Waals surface area contributed by atoms with Crippen LogP contribution in [0.1, 0.15) is 23.2 Å². The highest BCUT2D eigenvalue weighted by Crippen LogP contribution is 2.21. The van der Waals surface area contributed by atoms with Gasteiger partial charge in [0.05, 0.1) is 13.0 Å². The second kappa shape index (κ2) is 9.87. The number of halogens is 1. The molecule has 2 amide bonds. The Morgan fingerprint density at radius 2 is 1.80 bits per heavy atom. The number of ether oxygens (including phenoxy) is 2. The number of anilines is 1. The molecule has 0 saturated carbocycles. The lowest BCUT2D eigenvalue weighted by molar-refractivity contribution is -0.148. The zero-order chi connectivity index (χ0) is 21.5. The van der Waals surface area contributed by atoms with Crippen molar-refractivity contribution in [1.29, 1.82) is 0 Å². The molecule has 0 unspecified atom stereocenters. The highest BCUT2D eigenvalue weighted by molar-refractivity contribution is 5.98. The van der Waals surface area contributed by atoms with Crippen molar-refractivity contribution in [1.82, 2.24) is 4.90 Å². The van der Waals surface area contributed by atoms with Crippen LogP contribution < -0.4 is 10.1 Å². The summed E-state index contributed by atoms with van der Waals surface area (Å²) in [6.07, 6.45) is 0.902. The van der Waals surface area contributed by atoms with Gasteiger partial charge < -0.3 is 19.7 Å². The maximum atomic E-state index is 13.7. The van der Waals surface area contributed by atoms with Crippen molar-refractivity contribution >= 4 is 23.5 Å². The quantitative estimate of drug-likeness (QED) is 0.578. The molecule has 158 valence electrons. The van der Waals surface area contributed by atoms with Crippen molar-refractivity contribution in [3.8, 4) is 5.75 Å². The minimum atomic E-state index is -0.657. The topological polar surface area (TPSA) is 84.9 Å². The van der Waals surface area contributed by atoms with E-state index in [9.17, 15) is 18.8 Å². The Labute approximate surface area is 173 Å². The first-order valence-corrected chi connectivity index (χ1v) is 9.62. The molecule has 0 aliphatic carbocycles. The van der Waals surface area contributed by atoms with E-state index >= 15 is 0 Å². The number of piperidine rings is 1. The molecule has 7 nitrogen and oxygen atoms in total. The number of nitrogens with one attached hydrogen (secondary N) is 1. The summed E-state index contributed by atoms with van der Waals surface area (Å²) in [5.74, 6) is -1.99. The molecule has 8 heteroatoms.